The van der Waals surface area contributed by atoms with Gasteiger partial charge in [-0.15, -0.1) is 0 Å². The highest BCUT2D eigenvalue weighted by atomic mass is 32.2. The summed E-state index contributed by atoms with van der Waals surface area (Å²) in [4.78, 5) is 2.36. The molecule has 2 heterocycles. The summed E-state index contributed by atoms with van der Waals surface area (Å²) in [6, 6.07) is 7.96. The number of sulfone groups is 1. The SMILES string of the molecule is O=S1(=O)CC(Oc2ccc(N3CCCC3)cc2)C1. The average Bonchev–Trinajstić information content (AvgIpc) is 2.81. The van der Waals surface area contributed by atoms with Gasteiger partial charge in [0.05, 0.1) is 11.5 Å². The van der Waals surface area contributed by atoms with Crippen LogP contribution >= 0.6 is 0 Å². The summed E-state index contributed by atoms with van der Waals surface area (Å²) in [5.74, 6) is 1.07. The third-order valence-corrected chi connectivity index (χ3v) is 5.25. The Morgan fingerprint density at radius 2 is 1.67 bits per heavy atom. The Balaban J connectivity index is 1.61. The number of benzene rings is 1. The predicted octanol–water partition coefficient (Wildman–Crippen LogP) is 1.46. The molecule has 0 unspecified atom stereocenters. The van der Waals surface area contributed by atoms with Gasteiger partial charge in [0.15, 0.2) is 9.84 Å². The van der Waals surface area contributed by atoms with E-state index in [1.807, 2.05) is 24.3 Å². The first kappa shape index (κ1) is 11.8. The van der Waals surface area contributed by atoms with E-state index in [2.05, 4.69) is 4.90 Å². The van der Waals surface area contributed by atoms with E-state index in [1.165, 1.54) is 18.5 Å². The van der Waals surface area contributed by atoms with E-state index in [9.17, 15) is 8.42 Å². The fraction of sp³-hybridized carbons (Fsp3) is 0.538. The van der Waals surface area contributed by atoms with Crippen LogP contribution in [0.2, 0.25) is 0 Å². The summed E-state index contributed by atoms with van der Waals surface area (Å²) in [5, 5.41) is 0. The van der Waals surface area contributed by atoms with E-state index in [-0.39, 0.29) is 17.6 Å². The highest BCUT2D eigenvalue weighted by Crippen LogP contribution is 2.25. The van der Waals surface area contributed by atoms with Crippen molar-refractivity contribution < 1.29 is 13.2 Å². The summed E-state index contributed by atoms with van der Waals surface area (Å²) in [6.07, 6.45) is 2.36. The number of hydrogen-bond donors (Lipinski definition) is 0. The molecule has 98 valence electrons. The first-order valence-corrected chi connectivity index (χ1v) is 8.17. The van der Waals surface area contributed by atoms with Gasteiger partial charge in [-0.3, -0.25) is 0 Å². The standard InChI is InChI=1S/C13H17NO3S/c15-18(16)9-13(10-18)17-12-5-3-11(4-6-12)14-7-1-2-8-14/h3-6,13H,1-2,7-10H2. The van der Waals surface area contributed by atoms with Crippen LogP contribution in [0.15, 0.2) is 24.3 Å². The van der Waals surface area contributed by atoms with E-state index in [4.69, 9.17) is 4.74 Å². The van der Waals surface area contributed by atoms with E-state index in [0.29, 0.717) is 0 Å². The molecule has 0 bridgehead atoms. The molecule has 0 amide bonds. The minimum Gasteiger partial charge on any atom is -0.488 e. The number of anilines is 1. The van der Waals surface area contributed by atoms with Crippen LogP contribution in [0.25, 0.3) is 0 Å². The molecule has 1 aromatic rings. The number of hydrogen-bond acceptors (Lipinski definition) is 4. The highest BCUT2D eigenvalue weighted by molar-refractivity contribution is 7.92. The van der Waals surface area contributed by atoms with E-state index >= 15 is 0 Å². The van der Waals surface area contributed by atoms with Crippen LogP contribution in [0.5, 0.6) is 5.75 Å². The monoisotopic (exact) mass is 267 g/mol. The molecular weight excluding hydrogens is 250 g/mol. The van der Waals surface area contributed by atoms with Gasteiger partial charge in [-0.2, -0.15) is 0 Å². The molecule has 5 heteroatoms. The van der Waals surface area contributed by atoms with Crippen molar-refractivity contribution in [3.8, 4) is 5.75 Å². The zero-order chi connectivity index (χ0) is 12.6. The minimum atomic E-state index is -2.81. The fourth-order valence-electron chi connectivity index (χ4n) is 2.49. The molecular formula is C13H17NO3S. The Labute approximate surface area is 107 Å². The molecule has 0 atom stereocenters. The lowest BCUT2D eigenvalue weighted by Crippen LogP contribution is -2.45. The van der Waals surface area contributed by atoms with Gasteiger partial charge in [0, 0.05) is 18.8 Å². The molecule has 2 saturated heterocycles. The zero-order valence-electron chi connectivity index (χ0n) is 10.2. The van der Waals surface area contributed by atoms with Gasteiger partial charge in [-0.05, 0) is 37.1 Å². The molecule has 0 N–H and O–H groups in total. The summed E-state index contributed by atoms with van der Waals surface area (Å²) in [5.41, 5.74) is 1.22. The molecule has 0 spiro atoms. The number of rotatable bonds is 3. The van der Waals surface area contributed by atoms with Crippen molar-refractivity contribution in [2.45, 2.75) is 18.9 Å². The van der Waals surface area contributed by atoms with Crippen LogP contribution < -0.4 is 9.64 Å². The van der Waals surface area contributed by atoms with Crippen LogP contribution in [0.3, 0.4) is 0 Å². The number of ether oxygens (including phenoxy) is 1. The molecule has 2 aliphatic rings. The van der Waals surface area contributed by atoms with Crippen LogP contribution in [0, 0.1) is 0 Å². The summed E-state index contributed by atoms with van der Waals surface area (Å²) in [7, 11) is -2.81. The van der Waals surface area contributed by atoms with Gasteiger partial charge in [0.25, 0.3) is 0 Å². The topological polar surface area (TPSA) is 46.6 Å². The molecule has 2 aliphatic heterocycles. The average molecular weight is 267 g/mol. The van der Waals surface area contributed by atoms with E-state index < -0.39 is 9.84 Å². The van der Waals surface area contributed by atoms with Gasteiger partial charge in [-0.25, -0.2) is 8.42 Å². The second-order valence-corrected chi connectivity index (χ2v) is 7.16. The van der Waals surface area contributed by atoms with E-state index in [1.54, 1.807) is 0 Å². The first-order chi connectivity index (χ1) is 8.62. The highest BCUT2D eigenvalue weighted by Gasteiger charge is 2.35. The molecule has 3 rings (SSSR count). The van der Waals surface area contributed by atoms with Gasteiger partial charge in [0.2, 0.25) is 0 Å². The number of nitrogens with zero attached hydrogens (tertiary/aromatic N) is 1. The maximum Gasteiger partial charge on any atom is 0.157 e. The lowest BCUT2D eigenvalue weighted by Gasteiger charge is -2.26. The van der Waals surface area contributed by atoms with Gasteiger partial charge >= 0.3 is 0 Å². The molecule has 4 nitrogen and oxygen atoms in total. The molecule has 0 aromatic heterocycles. The molecule has 0 radical (unpaired) electrons. The van der Waals surface area contributed by atoms with Crippen molar-refractivity contribution in [2.24, 2.45) is 0 Å². The van der Waals surface area contributed by atoms with Crippen LogP contribution in [0.1, 0.15) is 12.8 Å². The maximum absolute atomic E-state index is 11.0. The van der Waals surface area contributed by atoms with Crippen molar-refractivity contribution in [1.82, 2.24) is 0 Å². The van der Waals surface area contributed by atoms with Crippen LogP contribution in [0.4, 0.5) is 5.69 Å². The van der Waals surface area contributed by atoms with Crippen LogP contribution in [-0.2, 0) is 9.84 Å². The van der Waals surface area contributed by atoms with Gasteiger partial charge < -0.3 is 9.64 Å². The van der Waals surface area contributed by atoms with Crippen LogP contribution in [-0.4, -0.2) is 39.1 Å². The van der Waals surface area contributed by atoms with Crippen molar-refractivity contribution in [2.75, 3.05) is 29.5 Å². The summed E-state index contributed by atoms with van der Waals surface area (Å²) in [6.45, 7) is 2.25. The third-order valence-electron chi connectivity index (χ3n) is 3.49. The molecule has 1 aromatic carbocycles. The molecule has 0 aliphatic carbocycles. The Kier molecular flexibility index (Phi) is 2.93. The second-order valence-electron chi connectivity index (χ2n) is 5.00. The summed E-state index contributed by atoms with van der Waals surface area (Å²) >= 11 is 0. The minimum absolute atomic E-state index is 0.154. The van der Waals surface area contributed by atoms with Gasteiger partial charge in [0.1, 0.15) is 11.9 Å². The van der Waals surface area contributed by atoms with Crippen molar-refractivity contribution in [3.63, 3.8) is 0 Å². The van der Waals surface area contributed by atoms with E-state index in [0.717, 1.165) is 18.8 Å². The second kappa shape index (κ2) is 4.46. The predicted molar refractivity (Wildman–Crippen MR) is 71.0 cm³/mol. The largest absolute Gasteiger partial charge is 0.488 e. The lowest BCUT2D eigenvalue weighted by molar-refractivity contribution is 0.230. The quantitative estimate of drug-likeness (QED) is 0.832. The Morgan fingerprint density at radius 3 is 2.22 bits per heavy atom. The van der Waals surface area contributed by atoms with Crippen molar-refractivity contribution in [1.29, 1.82) is 0 Å². The summed E-state index contributed by atoms with van der Waals surface area (Å²) < 4.78 is 27.7. The fourth-order valence-corrected chi connectivity index (χ4v) is 3.66. The molecule has 18 heavy (non-hydrogen) atoms. The van der Waals surface area contributed by atoms with Gasteiger partial charge in [-0.1, -0.05) is 0 Å². The Morgan fingerprint density at radius 1 is 1.06 bits per heavy atom. The first-order valence-electron chi connectivity index (χ1n) is 6.34. The maximum atomic E-state index is 11.0. The zero-order valence-corrected chi connectivity index (χ0v) is 11.0. The third kappa shape index (κ3) is 2.46. The Hall–Kier alpha value is -1.23. The Bertz CT molecular complexity index is 506. The smallest absolute Gasteiger partial charge is 0.157 e. The lowest BCUT2D eigenvalue weighted by atomic mass is 10.3. The van der Waals surface area contributed by atoms with Crippen molar-refractivity contribution in [3.05, 3.63) is 24.3 Å². The molecule has 2 fully saturated rings. The molecule has 0 saturated carbocycles. The normalized spacial score (nSPS) is 22.8. The van der Waals surface area contributed by atoms with Crippen molar-refractivity contribution >= 4 is 15.5 Å².